The summed E-state index contributed by atoms with van der Waals surface area (Å²) in [7, 11) is 3.17. The summed E-state index contributed by atoms with van der Waals surface area (Å²) in [5, 5.41) is 3.38. The van der Waals surface area contributed by atoms with Crippen LogP contribution >= 0.6 is 0 Å². The standard InChI is InChI=1S/C33H39NO8/c1-8-18(3)41-33(37)30-19(4)34-24-14-23(21-10-12-26(38-6)28(16-21)39-7)15-25(36)32(24)31(30)22-11-13-27(42-20(5)35)29(17-22)40-9-2/h10-13,16-18,23,31,34H,8-9,14-15H2,1-7H3/t18-,23-,31+/m1/s1. The number of carbonyl (C=O) groups excluding carboxylic acids is 3. The van der Waals surface area contributed by atoms with Gasteiger partial charge in [-0.1, -0.05) is 19.1 Å². The molecular weight excluding hydrogens is 538 g/mol. The van der Waals surface area contributed by atoms with Crippen molar-refractivity contribution >= 4 is 17.7 Å². The monoisotopic (exact) mass is 577 g/mol. The molecule has 0 bridgehead atoms. The van der Waals surface area contributed by atoms with Gasteiger partial charge in [0.05, 0.1) is 32.5 Å². The fourth-order valence-electron chi connectivity index (χ4n) is 5.53. The van der Waals surface area contributed by atoms with Crippen LogP contribution in [0.2, 0.25) is 0 Å². The van der Waals surface area contributed by atoms with E-state index >= 15 is 0 Å². The molecule has 224 valence electrons. The first-order chi connectivity index (χ1) is 20.1. The number of nitrogens with one attached hydrogen (secondary N) is 1. The number of hydrogen-bond donors (Lipinski definition) is 1. The first kappa shape index (κ1) is 30.7. The number of esters is 2. The molecule has 2 aromatic carbocycles. The maximum Gasteiger partial charge on any atom is 0.337 e. The number of Topliss-reactive ketones (excluding diaryl/α,β-unsaturated/α-hetero) is 1. The van der Waals surface area contributed by atoms with Gasteiger partial charge < -0.3 is 29.0 Å². The topological polar surface area (TPSA) is 109 Å². The van der Waals surface area contributed by atoms with Crippen molar-refractivity contribution in [3.63, 3.8) is 0 Å². The van der Waals surface area contributed by atoms with Gasteiger partial charge in [0, 0.05) is 36.2 Å². The second kappa shape index (κ2) is 13.1. The van der Waals surface area contributed by atoms with Crippen molar-refractivity contribution in [2.24, 2.45) is 0 Å². The fraction of sp³-hybridized carbons (Fsp3) is 0.424. The van der Waals surface area contributed by atoms with Gasteiger partial charge in [-0.15, -0.1) is 0 Å². The van der Waals surface area contributed by atoms with E-state index in [-0.39, 0.29) is 30.0 Å². The molecule has 1 aliphatic heterocycles. The van der Waals surface area contributed by atoms with Gasteiger partial charge in [-0.3, -0.25) is 9.59 Å². The van der Waals surface area contributed by atoms with Crippen LogP contribution in [0.5, 0.6) is 23.0 Å². The first-order valence-corrected chi connectivity index (χ1v) is 14.2. The Morgan fingerprint density at radius 3 is 2.26 bits per heavy atom. The summed E-state index contributed by atoms with van der Waals surface area (Å²) < 4.78 is 27.8. The van der Waals surface area contributed by atoms with Crippen LogP contribution < -0.4 is 24.3 Å². The lowest BCUT2D eigenvalue weighted by Gasteiger charge is -2.37. The van der Waals surface area contributed by atoms with E-state index in [9.17, 15) is 14.4 Å². The molecule has 9 nitrogen and oxygen atoms in total. The minimum atomic E-state index is -0.692. The van der Waals surface area contributed by atoms with Gasteiger partial charge in [0.1, 0.15) is 0 Å². The van der Waals surface area contributed by atoms with Crippen molar-refractivity contribution in [1.29, 1.82) is 0 Å². The molecule has 3 atom stereocenters. The molecule has 2 aliphatic rings. The van der Waals surface area contributed by atoms with Gasteiger partial charge in [-0.2, -0.15) is 0 Å². The zero-order chi connectivity index (χ0) is 30.6. The van der Waals surface area contributed by atoms with Gasteiger partial charge in [0.15, 0.2) is 28.8 Å². The first-order valence-electron chi connectivity index (χ1n) is 14.2. The van der Waals surface area contributed by atoms with Gasteiger partial charge in [-0.25, -0.2) is 4.79 Å². The molecule has 1 heterocycles. The van der Waals surface area contributed by atoms with Crippen LogP contribution in [0.25, 0.3) is 0 Å². The Morgan fingerprint density at radius 2 is 1.62 bits per heavy atom. The quantitative estimate of drug-likeness (QED) is 0.280. The Hall–Kier alpha value is -4.27. The number of ketones is 1. The van der Waals surface area contributed by atoms with Crippen LogP contribution in [0.15, 0.2) is 58.9 Å². The molecule has 2 aromatic rings. The van der Waals surface area contributed by atoms with Gasteiger partial charge in [0.2, 0.25) is 0 Å². The summed E-state index contributed by atoms with van der Waals surface area (Å²) in [6.45, 7) is 9.08. The predicted octanol–water partition coefficient (Wildman–Crippen LogP) is 5.73. The molecule has 9 heteroatoms. The van der Waals surface area contributed by atoms with E-state index in [0.29, 0.717) is 59.1 Å². The molecule has 0 amide bonds. The molecule has 0 fully saturated rings. The van der Waals surface area contributed by atoms with E-state index in [2.05, 4.69) is 5.32 Å². The van der Waals surface area contributed by atoms with Crippen molar-refractivity contribution in [2.75, 3.05) is 20.8 Å². The molecule has 0 spiro atoms. The fourth-order valence-corrected chi connectivity index (χ4v) is 5.53. The van der Waals surface area contributed by atoms with Crippen molar-refractivity contribution in [2.45, 2.75) is 71.8 Å². The van der Waals surface area contributed by atoms with E-state index in [1.165, 1.54) is 6.92 Å². The second-order valence-electron chi connectivity index (χ2n) is 10.5. The third-order valence-corrected chi connectivity index (χ3v) is 7.66. The number of benzene rings is 2. The number of carbonyl (C=O) groups is 3. The largest absolute Gasteiger partial charge is 0.493 e. The molecular formula is C33H39NO8. The van der Waals surface area contributed by atoms with Crippen LogP contribution in [-0.4, -0.2) is 44.7 Å². The van der Waals surface area contributed by atoms with Gasteiger partial charge >= 0.3 is 11.9 Å². The minimum Gasteiger partial charge on any atom is -0.493 e. The Balaban J connectivity index is 1.82. The average molecular weight is 578 g/mol. The zero-order valence-electron chi connectivity index (χ0n) is 25.3. The van der Waals surface area contributed by atoms with Gasteiger partial charge in [-0.05, 0) is 74.9 Å². The van der Waals surface area contributed by atoms with Crippen LogP contribution in [0.3, 0.4) is 0 Å². The normalized spacial score (nSPS) is 19.0. The summed E-state index contributed by atoms with van der Waals surface area (Å²) in [5.74, 6) is 0.00304. The maximum atomic E-state index is 14.0. The highest BCUT2D eigenvalue weighted by Gasteiger charge is 2.42. The van der Waals surface area contributed by atoms with Crippen molar-refractivity contribution in [3.05, 3.63) is 70.1 Å². The Bertz CT molecular complexity index is 1440. The number of hydrogen-bond acceptors (Lipinski definition) is 9. The van der Waals surface area contributed by atoms with E-state index in [4.69, 9.17) is 23.7 Å². The molecule has 0 aromatic heterocycles. The van der Waals surface area contributed by atoms with E-state index in [0.717, 1.165) is 11.3 Å². The molecule has 0 unspecified atom stereocenters. The molecule has 4 rings (SSSR count). The van der Waals surface area contributed by atoms with Gasteiger partial charge in [0.25, 0.3) is 0 Å². The SMILES string of the molecule is CCOc1cc([C@H]2C(C(=O)O[C@H](C)CC)=C(C)NC3=C2C(=O)C[C@H](c2ccc(OC)c(OC)c2)C3)ccc1OC(C)=O. The Labute approximate surface area is 246 Å². The second-order valence-corrected chi connectivity index (χ2v) is 10.5. The predicted molar refractivity (Wildman–Crippen MR) is 157 cm³/mol. The van der Waals surface area contributed by atoms with E-state index < -0.39 is 17.9 Å². The number of rotatable bonds is 10. The van der Waals surface area contributed by atoms with E-state index in [1.54, 1.807) is 32.4 Å². The number of dihydropyridines is 1. The van der Waals surface area contributed by atoms with Crippen molar-refractivity contribution in [1.82, 2.24) is 5.32 Å². The van der Waals surface area contributed by atoms with E-state index in [1.807, 2.05) is 45.9 Å². The molecule has 0 radical (unpaired) electrons. The van der Waals surface area contributed by atoms with Crippen LogP contribution in [0.4, 0.5) is 0 Å². The smallest absolute Gasteiger partial charge is 0.337 e. The maximum absolute atomic E-state index is 14.0. The number of allylic oxidation sites excluding steroid dienone is 3. The zero-order valence-corrected chi connectivity index (χ0v) is 25.3. The van der Waals surface area contributed by atoms with Crippen LogP contribution in [0.1, 0.15) is 76.8 Å². The van der Waals surface area contributed by atoms with Crippen LogP contribution in [0, 0.1) is 0 Å². The van der Waals surface area contributed by atoms with Crippen molar-refractivity contribution in [3.8, 4) is 23.0 Å². The Kier molecular flexibility index (Phi) is 9.60. The average Bonchev–Trinajstić information content (AvgIpc) is 2.96. The highest BCUT2D eigenvalue weighted by Crippen LogP contribution is 2.47. The number of methoxy groups -OCH3 is 2. The minimum absolute atomic E-state index is 0.0723. The summed E-state index contributed by atoms with van der Waals surface area (Å²) >= 11 is 0. The summed E-state index contributed by atoms with van der Waals surface area (Å²) in [5.41, 5.74) is 3.90. The summed E-state index contributed by atoms with van der Waals surface area (Å²) in [6.07, 6.45) is 1.17. The lowest BCUT2D eigenvalue weighted by Crippen LogP contribution is -2.36. The molecule has 1 aliphatic carbocycles. The lowest BCUT2D eigenvalue weighted by molar-refractivity contribution is -0.144. The number of ether oxygens (including phenoxy) is 5. The molecule has 0 saturated carbocycles. The van der Waals surface area contributed by atoms with Crippen LogP contribution in [-0.2, 0) is 19.1 Å². The van der Waals surface area contributed by atoms with Crippen molar-refractivity contribution < 1.29 is 38.1 Å². The lowest BCUT2D eigenvalue weighted by atomic mass is 9.71. The summed E-state index contributed by atoms with van der Waals surface area (Å²) in [4.78, 5) is 39.3. The highest BCUT2D eigenvalue weighted by molar-refractivity contribution is 6.04. The molecule has 1 N–H and O–H groups in total. The summed E-state index contributed by atoms with van der Waals surface area (Å²) in [6, 6.07) is 10.8. The third kappa shape index (κ3) is 6.30. The Morgan fingerprint density at radius 1 is 0.952 bits per heavy atom. The molecule has 42 heavy (non-hydrogen) atoms. The third-order valence-electron chi connectivity index (χ3n) is 7.66. The molecule has 0 saturated heterocycles. The highest BCUT2D eigenvalue weighted by atomic mass is 16.6.